The average Bonchev–Trinajstić information content (AvgIpc) is 3.24. The van der Waals surface area contributed by atoms with Crippen LogP contribution in [0, 0.1) is 6.92 Å². The van der Waals surface area contributed by atoms with Crippen LogP contribution in [0.25, 0.3) is 0 Å². The van der Waals surface area contributed by atoms with Gasteiger partial charge in [0, 0.05) is 36.4 Å². The number of carboxylic acid groups (broad SMARTS) is 1. The molecule has 0 saturated carbocycles. The molecular weight excluding hydrogens is 308 g/mol. The van der Waals surface area contributed by atoms with E-state index in [1.54, 1.807) is 6.07 Å². The summed E-state index contributed by atoms with van der Waals surface area (Å²) in [5, 5.41) is 12.3. The van der Waals surface area contributed by atoms with Crippen LogP contribution in [0.4, 0.5) is 5.69 Å². The molecule has 0 radical (unpaired) electrons. The quantitative estimate of drug-likeness (QED) is 0.881. The summed E-state index contributed by atoms with van der Waals surface area (Å²) in [5.74, 6) is -1.10. The first kappa shape index (κ1) is 16.1. The lowest BCUT2D eigenvalue weighted by atomic mass is 10.1. The number of nitrogens with zero attached hydrogens (tertiary/aromatic N) is 1. The summed E-state index contributed by atoms with van der Waals surface area (Å²) in [5.41, 5.74) is 2.94. The number of hydrogen-bond donors (Lipinski definition) is 2. The number of carbonyl (C=O) groups excluding carboxylic acids is 1. The third kappa shape index (κ3) is 3.13. The number of likely N-dealkylation sites (tertiary alicyclic amines) is 1. The number of nitrogens with one attached hydrogen (secondary N) is 1. The highest BCUT2D eigenvalue weighted by Gasteiger charge is 2.22. The number of carboxylic acids is 1. The van der Waals surface area contributed by atoms with E-state index in [0.717, 1.165) is 37.2 Å². The molecule has 1 amide bonds. The largest absolute Gasteiger partial charge is 0.475 e. The molecule has 1 aromatic carbocycles. The van der Waals surface area contributed by atoms with Crippen molar-refractivity contribution in [1.82, 2.24) is 4.90 Å². The second kappa shape index (κ2) is 6.78. The van der Waals surface area contributed by atoms with Crippen molar-refractivity contribution < 1.29 is 19.1 Å². The molecular formula is C18H20N2O4. The Labute approximate surface area is 140 Å². The number of furan rings is 1. The number of anilines is 1. The average molecular weight is 328 g/mol. The maximum absolute atomic E-state index is 12.6. The Morgan fingerprint density at radius 3 is 2.71 bits per heavy atom. The molecule has 1 aliphatic heterocycles. The Morgan fingerprint density at radius 2 is 2.00 bits per heavy atom. The summed E-state index contributed by atoms with van der Waals surface area (Å²) < 4.78 is 4.97. The van der Waals surface area contributed by atoms with Crippen molar-refractivity contribution in [2.24, 2.45) is 0 Å². The van der Waals surface area contributed by atoms with Gasteiger partial charge in [-0.2, -0.15) is 0 Å². The molecule has 2 aromatic rings. The lowest BCUT2D eigenvalue weighted by Crippen LogP contribution is -2.28. The zero-order valence-corrected chi connectivity index (χ0v) is 13.5. The highest BCUT2D eigenvalue weighted by Crippen LogP contribution is 2.23. The first-order valence-electron chi connectivity index (χ1n) is 8.00. The molecule has 1 saturated heterocycles. The highest BCUT2D eigenvalue weighted by atomic mass is 16.4. The van der Waals surface area contributed by atoms with E-state index in [-0.39, 0.29) is 11.7 Å². The van der Waals surface area contributed by atoms with Crippen LogP contribution in [0.5, 0.6) is 0 Å². The second-order valence-corrected chi connectivity index (χ2v) is 5.91. The second-order valence-electron chi connectivity index (χ2n) is 5.91. The van der Waals surface area contributed by atoms with Crippen molar-refractivity contribution >= 4 is 17.6 Å². The van der Waals surface area contributed by atoms with E-state index in [1.807, 2.05) is 30.0 Å². The molecule has 6 nitrogen and oxygen atoms in total. The van der Waals surface area contributed by atoms with Crippen molar-refractivity contribution in [2.45, 2.75) is 26.3 Å². The number of carbonyl (C=O) groups is 2. The van der Waals surface area contributed by atoms with Crippen LogP contribution in [-0.4, -0.2) is 35.0 Å². The van der Waals surface area contributed by atoms with Gasteiger partial charge < -0.3 is 19.7 Å². The Balaban J connectivity index is 1.77. The topological polar surface area (TPSA) is 82.8 Å². The van der Waals surface area contributed by atoms with Gasteiger partial charge in [-0.1, -0.05) is 6.07 Å². The predicted molar refractivity (Wildman–Crippen MR) is 89.3 cm³/mol. The standard InChI is InChI=1S/C18H20N2O4/c1-12-14(17(21)20-8-2-3-9-20)5-4-6-15(12)19-11-13-7-10-24-16(13)18(22)23/h4-7,10,19H,2-3,8-9,11H2,1H3,(H,22,23). The number of rotatable bonds is 5. The zero-order chi connectivity index (χ0) is 17.1. The minimum atomic E-state index is -1.09. The number of amides is 1. The van der Waals surface area contributed by atoms with Crippen LogP contribution >= 0.6 is 0 Å². The van der Waals surface area contributed by atoms with Crippen LogP contribution in [-0.2, 0) is 6.54 Å². The lowest BCUT2D eigenvalue weighted by molar-refractivity contribution is 0.0660. The van der Waals surface area contributed by atoms with E-state index >= 15 is 0 Å². The van der Waals surface area contributed by atoms with Crippen molar-refractivity contribution in [3.63, 3.8) is 0 Å². The van der Waals surface area contributed by atoms with Gasteiger partial charge in [-0.25, -0.2) is 4.79 Å². The van der Waals surface area contributed by atoms with Crippen molar-refractivity contribution in [3.05, 3.63) is 53.0 Å². The monoisotopic (exact) mass is 328 g/mol. The Bertz CT molecular complexity index is 760. The van der Waals surface area contributed by atoms with Crippen molar-refractivity contribution in [3.8, 4) is 0 Å². The SMILES string of the molecule is Cc1c(NCc2ccoc2C(=O)O)cccc1C(=O)N1CCCC1. The molecule has 0 bridgehead atoms. The molecule has 24 heavy (non-hydrogen) atoms. The fourth-order valence-corrected chi connectivity index (χ4v) is 3.00. The summed E-state index contributed by atoms with van der Waals surface area (Å²) >= 11 is 0. The van der Waals surface area contributed by atoms with Gasteiger partial charge in [0.05, 0.1) is 6.26 Å². The Kier molecular flexibility index (Phi) is 4.55. The molecule has 126 valence electrons. The highest BCUT2D eigenvalue weighted by molar-refractivity contribution is 5.97. The van der Waals surface area contributed by atoms with E-state index in [4.69, 9.17) is 9.52 Å². The van der Waals surface area contributed by atoms with Crippen LogP contribution in [0.15, 0.2) is 34.9 Å². The molecule has 0 aliphatic carbocycles. The van der Waals surface area contributed by atoms with Gasteiger partial charge in [0.1, 0.15) is 0 Å². The number of aromatic carboxylic acids is 1. The number of benzene rings is 1. The van der Waals surface area contributed by atoms with Gasteiger partial charge in [-0.05, 0) is 43.5 Å². The first-order chi connectivity index (χ1) is 11.6. The lowest BCUT2D eigenvalue weighted by Gasteiger charge is -2.18. The molecule has 0 spiro atoms. The molecule has 2 heterocycles. The van der Waals surface area contributed by atoms with Crippen LogP contribution in [0.3, 0.4) is 0 Å². The Hall–Kier alpha value is -2.76. The number of hydrogen-bond acceptors (Lipinski definition) is 4. The van der Waals surface area contributed by atoms with Gasteiger partial charge >= 0.3 is 5.97 Å². The van der Waals surface area contributed by atoms with Gasteiger partial charge in [-0.3, -0.25) is 4.79 Å². The van der Waals surface area contributed by atoms with Crippen molar-refractivity contribution in [1.29, 1.82) is 0 Å². The van der Waals surface area contributed by atoms with E-state index < -0.39 is 5.97 Å². The summed E-state index contributed by atoms with van der Waals surface area (Å²) in [7, 11) is 0. The van der Waals surface area contributed by atoms with Gasteiger partial charge in [0.25, 0.3) is 5.91 Å². The van der Waals surface area contributed by atoms with Gasteiger partial charge in [0.2, 0.25) is 5.76 Å². The summed E-state index contributed by atoms with van der Waals surface area (Å²) in [6, 6.07) is 7.19. The molecule has 1 aliphatic rings. The molecule has 1 aromatic heterocycles. The van der Waals surface area contributed by atoms with E-state index in [1.165, 1.54) is 6.26 Å². The maximum Gasteiger partial charge on any atom is 0.372 e. The minimum Gasteiger partial charge on any atom is -0.475 e. The maximum atomic E-state index is 12.6. The third-order valence-corrected chi connectivity index (χ3v) is 4.37. The normalized spacial score (nSPS) is 14.0. The van der Waals surface area contributed by atoms with E-state index in [9.17, 15) is 9.59 Å². The van der Waals surface area contributed by atoms with Crippen LogP contribution < -0.4 is 5.32 Å². The predicted octanol–water partition coefficient (Wildman–Crippen LogP) is 3.13. The van der Waals surface area contributed by atoms with Gasteiger partial charge in [-0.15, -0.1) is 0 Å². The van der Waals surface area contributed by atoms with Gasteiger partial charge in [0.15, 0.2) is 0 Å². The first-order valence-corrected chi connectivity index (χ1v) is 8.00. The molecule has 0 unspecified atom stereocenters. The van der Waals surface area contributed by atoms with E-state index in [2.05, 4.69) is 5.32 Å². The summed E-state index contributed by atoms with van der Waals surface area (Å²) in [6.07, 6.45) is 3.48. The molecule has 6 heteroatoms. The molecule has 1 fully saturated rings. The zero-order valence-electron chi connectivity index (χ0n) is 13.5. The Morgan fingerprint density at radius 1 is 1.25 bits per heavy atom. The fraction of sp³-hybridized carbons (Fsp3) is 0.333. The smallest absolute Gasteiger partial charge is 0.372 e. The molecule has 2 N–H and O–H groups in total. The fourth-order valence-electron chi connectivity index (χ4n) is 3.00. The molecule has 3 rings (SSSR count). The van der Waals surface area contributed by atoms with Crippen LogP contribution in [0.2, 0.25) is 0 Å². The third-order valence-electron chi connectivity index (χ3n) is 4.37. The molecule has 0 atom stereocenters. The summed E-state index contributed by atoms with van der Waals surface area (Å²) in [4.78, 5) is 25.6. The van der Waals surface area contributed by atoms with E-state index in [0.29, 0.717) is 17.7 Å². The van der Waals surface area contributed by atoms with Crippen LogP contribution in [0.1, 0.15) is 44.9 Å². The van der Waals surface area contributed by atoms with Crippen molar-refractivity contribution in [2.75, 3.05) is 18.4 Å². The minimum absolute atomic E-state index is 0.0585. The summed E-state index contributed by atoms with van der Waals surface area (Å²) in [6.45, 7) is 3.85.